The van der Waals surface area contributed by atoms with Gasteiger partial charge in [0.15, 0.2) is 5.96 Å². The van der Waals surface area contributed by atoms with Gasteiger partial charge in [0.05, 0.1) is 13.2 Å². The van der Waals surface area contributed by atoms with Gasteiger partial charge < -0.3 is 15.4 Å². The van der Waals surface area contributed by atoms with Gasteiger partial charge in [-0.3, -0.25) is 0 Å². The number of hydrogen-bond donors (Lipinski definition) is 2. The van der Waals surface area contributed by atoms with Crippen molar-refractivity contribution in [3.8, 4) is 0 Å². The molecule has 0 aromatic heterocycles. The van der Waals surface area contributed by atoms with Crippen molar-refractivity contribution in [2.75, 3.05) is 13.2 Å². The number of nitrogens with zero attached hydrogens (tertiary/aromatic N) is 1. The number of halogens is 5. The highest BCUT2D eigenvalue weighted by atomic mass is 127. The van der Waals surface area contributed by atoms with Crippen LogP contribution in [-0.4, -0.2) is 25.3 Å². The molecular formula is C20H24F4IN3O. The fourth-order valence-electron chi connectivity index (χ4n) is 2.37. The third kappa shape index (κ3) is 10.5. The first-order valence-electron chi connectivity index (χ1n) is 8.84. The van der Waals surface area contributed by atoms with Crippen LogP contribution < -0.4 is 10.6 Å². The van der Waals surface area contributed by atoms with Crippen LogP contribution in [0.2, 0.25) is 0 Å². The molecule has 0 saturated heterocycles. The first kappa shape index (κ1) is 25.2. The number of ether oxygens (including phenoxy) is 1. The summed E-state index contributed by atoms with van der Waals surface area (Å²) in [6.45, 7) is 2.08. The Balaban J connectivity index is 0.00000420. The summed E-state index contributed by atoms with van der Waals surface area (Å²) in [7, 11) is 0. The SMILES string of the molecule is CCNC(=NCc1cccc(F)c1)NCc1ccc(COCC(F)(F)F)cc1.I. The molecule has 4 nitrogen and oxygen atoms in total. The van der Waals surface area contributed by atoms with Crippen LogP contribution in [0.4, 0.5) is 17.6 Å². The Kier molecular flexibility index (Phi) is 11.0. The maximum atomic E-state index is 13.2. The third-order valence-electron chi connectivity index (χ3n) is 3.67. The van der Waals surface area contributed by atoms with Crippen LogP contribution in [-0.2, 0) is 24.4 Å². The van der Waals surface area contributed by atoms with Gasteiger partial charge in [-0.15, -0.1) is 24.0 Å². The van der Waals surface area contributed by atoms with Gasteiger partial charge in [0.2, 0.25) is 0 Å². The molecule has 0 atom stereocenters. The van der Waals surface area contributed by atoms with Crippen molar-refractivity contribution < 1.29 is 22.3 Å². The Morgan fingerprint density at radius 1 is 1.00 bits per heavy atom. The summed E-state index contributed by atoms with van der Waals surface area (Å²) >= 11 is 0. The Labute approximate surface area is 184 Å². The molecule has 0 aliphatic carbocycles. The van der Waals surface area contributed by atoms with Gasteiger partial charge in [0, 0.05) is 13.1 Å². The molecule has 2 rings (SSSR count). The number of nitrogens with one attached hydrogen (secondary N) is 2. The molecule has 160 valence electrons. The number of guanidine groups is 1. The Morgan fingerprint density at radius 2 is 1.69 bits per heavy atom. The second-order valence-corrected chi connectivity index (χ2v) is 6.10. The van der Waals surface area contributed by atoms with E-state index in [1.54, 1.807) is 24.3 Å². The molecule has 0 radical (unpaired) electrons. The van der Waals surface area contributed by atoms with Gasteiger partial charge in [-0.1, -0.05) is 36.4 Å². The number of benzene rings is 2. The molecule has 0 aliphatic heterocycles. The minimum Gasteiger partial charge on any atom is -0.367 e. The average Bonchev–Trinajstić information content (AvgIpc) is 2.64. The maximum absolute atomic E-state index is 13.2. The molecule has 0 saturated carbocycles. The molecule has 2 aromatic rings. The summed E-state index contributed by atoms with van der Waals surface area (Å²) in [6.07, 6.45) is -4.32. The minimum absolute atomic E-state index is 0. The summed E-state index contributed by atoms with van der Waals surface area (Å²) in [5.74, 6) is 0.286. The van der Waals surface area contributed by atoms with Crippen LogP contribution in [0.3, 0.4) is 0 Å². The van der Waals surface area contributed by atoms with Gasteiger partial charge in [-0.05, 0) is 35.7 Å². The maximum Gasteiger partial charge on any atom is 0.411 e. The van der Waals surface area contributed by atoms with Crippen molar-refractivity contribution in [2.45, 2.75) is 32.8 Å². The van der Waals surface area contributed by atoms with E-state index in [0.717, 1.165) is 11.1 Å². The number of hydrogen-bond acceptors (Lipinski definition) is 2. The highest BCUT2D eigenvalue weighted by molar-refractivity contribution is 14.0. The minimum atomic E-state index is -4.32. The number of alkyl halides is 3. The molecule has 0 aliphatic rings. The lowest BCUT2D eigenvalue weighted by Crippen LogP contribution is -2.36. The summed E-state index contributed by atoms with van der Waals surface area (Å²) in [6, 6.07) is 13.3. The van der Waals surface area contributed by atoms with E-state index in [1.165, 1.54) is 12.1 Å². The van der Waals surface area contributed by atoms with E-state index >= 15 is 0 Å². The molecule has 2 N–H and O–H groups in total. The lowest BCUT2D eigenvalue weighted by atomic mass is 10.1. The molecule has 0 unspecified atom stereocenters. The van der Waals surface area contributed by atoms with Crippen LogP contribution in [0.1, 0.15) is 23.6 Å². The summed E-state index contributed by atoms with van der Waals surface area (Å²) in [4.78, 5) is 4.42. The number of aliphatic imine (C=N–C) groups is 1. The van der Waals surface area contributed by atoms with E-state index in [2.05, 4.69) is 20.4 Å². The second-order valence-electron chi connectivity index (χ2n) is 6.10. The summed E-state index contributed by atoms with van der Waals surface area (Å²) in [5, 5.41) is 6.28. The van der Waals surface area contributed by atoms with Gasteiger partial charge >= 0.3 is 6.18 Å². The lowest BCUT2D eigenvalue weighted by Gasteiger charge is -2.12. The van der Waals surface area contributed by atoms with E-state index in [4.69, 9.17) is 0 Å². The van der Waals surface area contributed by atoms with Gasteiger partial charge in [0.1, 0.15) is 12.4 Å². The van der Waals surface area contributed by atoms with Crippen LogP contribution in [0, 0.1) is 5.82 Å². The smallest absolute Gasteiger partial charge is 0.367 e. The summed E-state index contributed by atoms with van der Waals surface area (Å²) in [5.41, 5.74) is 2.37. The molecular weight excluding hydrogens is 501 g/mol. The molecule has 2 aromatic carbocycles. The lowest BCUT2D eigenvalue weighted by molar-refractivity contribution is -0.176. The Hall–Kier alpha value is -1.88. The molecule has 0 bridgehead atoms. The molecule has 0 heterocycles. The molecule has 9 heteroatoms. The largest absolute Gasteiger partial charge is 0.411 e. The van der Waals surface area contributed by atoms with Gasteiger partial charge in [-0.25, -0.2) is 9.38 Å². The highest BCUT2D eigenvalue weighted by Gasteiger charge is 2.27. The van der Waals surface area contributed by atoms with Crippen molar-refractivity contribution >= 4 is 29.9 Å². The van der Waals surface area contributed by atoms with Gasteiger partial charge in [0.25, 0.3) is 0 Å². The summed E-state index contributed by atoms with van der Waals surface area (Å²) < 4.78 is 54.1. The molecule has 0 fully saturated rings. The molecule has 29 heavy (non-hydrogen) atoms. The fraction of sp³-hybridized carbons (Fsp3) is 0.350. The molecule has 0 spiro atoms. The van der Waals surface area contributed by atoms with Crippen LogP contribution in [0.25, 0.3) is 0 Å². The van der Waals surface area contributed by atoms with Crippen molar-refractivity contribution in [3.05, 3.63) is 71.0 Å². The van der Waals surface area contributed by atoms with E-state index in [0.29, 0.717) is 31.2 Å². The predicted molar refractivity (Wildman–Crippen MR) is 116 cm³/mol. The first-order chi connectivity index (χ1) is 13.4. The van der Waals surface area contributed by atoms with E-state index in [-0.39, 0.29) is 36.4 Å². The van der Waals surface area contributed by atoms with Crippen LogP contribution >= 0.6 is 24.0 Å². The van der Waals surface area contributed by atoms with Crippen molar-refractivity contribution in [2.24, 2.45) is 4.99 Å². The zero-order chi connectivity index (χ0) is 20.4. The monoisotopic (exact) mass is 525 g/mol. The highest BCUT2D eigenvalue weighted by Crippen LogP contribution is 2.15. The van der Waals surface area contributed by atoms with E-state index < -0.39 is 12.8 Å². The van der Waals surface area contributed by atoms with E-state index in [1.807, 2.05) is 19.1 Å². The van der Waals surface area contributed by atoms with Crippen molar-refractivity contribution in [3.63, 3.8) is 0 Å². The predicted octanol–water partition coefficient (Wildman–Crippen LogP) is 4.78. The normalized spacial score (nSPS) is 11.7. The zero-order valence-corrected chi connectivity index (χ0v) is 18.3. The first-order valence-corrected chi connectivity index (χ1v) is 8.84. The number of rotatable bonds is 8. The Bertz CT molecular complexity index is 767. The van der Waals surface area contributed by atoms with Crippen LogP contribution in [0.5, 0.6) is 0 Å². The Morgan fingerprint density at radius 3 is 2.31 bits per heavy atom. The van der Waals surface area contributed by atoms with Crippen molar-refractivity contribution in [1.82, 2.24) is 10.6 Å². The third-order valence-corrected chi connectivity index (χ3v) is 3.67. The second kappa shape index (κ2) is 12.6. The van der Waals surface area contributed by atoms with Gasteiger partial charge in [-0.2, -0.15) is 13.2 Å². The topological polar surface area (TPSA) is 45.7 Å². The fourth-order valence-corrected chi connectivity index (χ4v) is 2.37. The standard InChI is InChI=1S/C20H23F4N3O.HI/c1-2-25-19(27-12-17-4-3-5-18(21)10-17)26-11-15-6-8-16(9-7-15)13-28-14-20(22,23)24;/h3-10H,2,11-14H2,1H3,(H2,25,26,27);1H. The zero-order valence-electron chi connectivity index (χ0n) is 15.9. The van der Waals surface area contributed by atoms with E-state index in [9.17, 15) is 17.6 Å². The quantitative estimate of drug-likeness (QED) is 0.226. The van der Waals surface area contributed by atoms with Crippen LogP contribution in [0.15, 0.2) is 53.5 Å². The molecule has 0 amide bonds. The van der Waals surface area contributed by atoms with Crippen molar-refractivity contribution in [1.29, 1.82) is 0 Å². The average molecular weight is 525 g/mol.